The molecule has 0 amide bonds. The highest BCUT2D eigenvalue weighted by Crippen LogP contribution is 2.50. The van der Waals surface area contributed by atoms with E-state index < -0.39 is 0 Å². The minimum atomic E-state index is 0.125. The molecule has 0 saturated heterocycles. The number of rotatable bonds is 4. The number of aryl methyl sites for hydroxylation is 1. The molecular weight excluding hydrogens is 384 g/mol. The third-order valence-corrected chi connectivity index (χ3v) is 6.34. The Balaban J connectivity index is 1.37. The number of fused-ring (bicyclic) bond motifs is 3. The van der Waals surface area contributed by atoms with Crippen LogP contribution >= 0.6 is 0 Å². The van der Waals surface area contributed by atoms with Gasteiger partial charge in [-0.1, -0.05) is 42.0 Å². The molecule has 0 aromatic heterocycles. The standard InChI is InChI=1S/C27H26N2O2/c1-17-6-12-24-23(14-17)21-4-3-5-22(21)27(29-24)19-8-10-20(11-9-19)28-16-18-7-13-25(30)26(15-18)31-2/h3-4,6-16,21-22,27,29-30H,5H2,1-2H3/t21-,22-,27+/m1/s1. The molecule has 2 aliphatic rings. The lowest BCUT2D eigenvalue weighted by molar-refractivity contribution is 0.373. The third kappa shape index (κ3) is 3.70. The average Bonchev–Trinajstić information content (AvgIpc) is 3.29. The summed E-state index contributed by atoms with van der Waals surface area (Å²) in [6.45, 7) is 2.16. The van der Waals surface area contributed by atoms with E-state index in [1.54, 1.807) is 18.3 Å². The van der Waals surface area contributed by atoms with Gasteiger partial charge in [0.25, 0.3) is 0 Å². The number of allylic oxidation sites excluding steroid dienone is 2. The van der Waals surface area contributed by atoms with E-state index >= 15 is 0 Å². The molecule has 1 heterocycles. The van der Waals surface area contributed by atoms with Crippen molar-refractivity contribution in [2.75, 3.05) is 12.4 Å². The molecule has 3 atom stereocenters. The molecule has 1 aliphatic heterocycles. The van der Waals surface area contributed by atoms with Gasteiger partial charge in [0.1, 0.15) is 0 Å². The first-order valence-corrected chi connectivity index (χ1v) is 10.7. The van der Waals surface area contributed by atoms with Gasteiger partial charge in [0.05, 0.1) is 18.8 Å². The number of methoxy groups -OCH3 is 1. The maximum Gasteiger partial charge on any atom is 0.161 e. The van der Waals surface area contributed by atoms with Gasteiger partial charge in [0, 0.05) is 17.8 Å². The van der Waals surface area contributed by atoms with E-state index in [-0.39, 0.29) is 11.8 Å². The fourth-order valence-corrected chi connectivity index (χ4v) is 4.74. The summed E-state index contributed by atoms with van der Waals surface area (Å²) in [6, 6.07) is 20.7. The topological polar surface area (TPSA) is 53.8 Å². The van der Waals surface area contributed by atoms with Gasteiger partial charge in [-0.15, -0.1) is 0 Å². The number of aromatic hydroxyl groups is 1. The normalized spacial score (nSPS) is 21.5. The maximum atomic E-state index is 9.73. The van der Waals surface area contributed by atoms with E-state index in [1.165, 1.54) is 29.5 Å². The van der Waals surface area contributed by atoms with E-state index in [0.29, 0.717) is 17.6 Å². The number of anilines is 1. The van der Waals surface area contributed by atoms with E-state index in [0.717, 1.165) is 17.7 Å². The Morgan fingerprint density at radius 3 is 2.71 bits per heavy atom. The highest BCUT2D eigenvalue weighted by atomic mass is 16.5. The zero-order chi connectivity index (χ0) is 21.4. The Labute approximate surface area is 182 Å². The van der Waals surface area contributed by atoms with Crippen LogP contribution in [0.3, 0.4) is 0 Å². The van der Waals surface area contributed by atoms with Crippen molar-refractivity contribution < 1.29 is 9.84 Å². The third-order valence-electron chi connectivity index (χ3n) is 6.34. The zero-order valence-corrected chi connectivity index (χ0v) is 17.7. The Kier molecular flexibility index (Phi) is 4.99. The number of nitrogens with zero attached hydrogens (tertiary/aromatic N) is 1. The Hall–Kier alpha value is -3.53. The zero-order valence-electron chi connectivity index (χ0n) is 17.7. The number of phenolic OH excluding ortho intramolecular Hbond substituents is 1. The van der Waals surface area contributed by atoms with Crippen molar-refractivity contribution in [1.29, 1.82) is 0 Å². The minimum Gasteiger partial charge on any atom is -0.504 e. The molecule has 2 N–H and O–H groups in total. The second kappa shape index (κ2) is 7.95. The lowest BCUT2D eigenvalue weighted by Gasteiger charge is -2.37. The largest absolute Gasteiger partial charge is 0.504 e. The van der Waals surface area contributed by atoms with Crippen molar-refractivity contribution in [2.24, 2.45) is 10.9 Å². The van der Waals surface area contributed by atoms with Gasteiger partial charge < -0.3 is 15.2 Å². The van der Waals surface area contributed by atoms with Gasteiger partial charge in [-0.05, 0) is 72.4 Å². The Morgan fingerprint density at radius 2 is 1.90 bits per heavy atom. The van der Waals surface area contributed by atoms with Crippen molar-refractivity contribution in [3.63, 3.8) is 0 Å². The van der Waals surface area contributed by atoms with E-state index in [9.17, 15) is 5.11 Å². The van der Waals surface area contributed by atoms with E-state index in [2.05, 4.69) is 71.8 Å². The summed E-state index contributed by atoms with van der Waals surface area (Å²) in [5, 5.41) is 13.5. The summed E-state index contributed by atoms with van der Waals surface area (Å²) in [4.78, 5) is 4.58. The number of nitrogens with one attached hydrogen (secondary N) is 1. The Bertz CT molecular complexity index is 1160. The second-order valence-electron chi connectivity index (χ2n) is 8.35. The number of benzene rings is 3. The molecule has 0 unspecified atom stereocenters. The first kappa shape index (κ1) is 19.4. The predicted molar refractivity (Wildman–Crippen MR) is 126 cm³/mol. The van der Waals surface area contributed by atoms with E-state index in [1.807, 2.05) is 6.07 Å². The van der Waals surface area contributed by atoms with Crippen molar-refractivity contribution in [3.8, 4) is 11.5 Å². The molecular formula is C27H26N2O2. The predicted octanol–water partition coefficient (Wildman–Crippen LogP) is 6.29. The van der Waals surface area contributed by atoms with Gasteiger partial charge in [-0.25, -0.2) is 0 Å². The van der Waals surface area contributed by atoms with Crippen LogP contribution in [0.4, 0.5) is 11.4 Å². The van der Waals surface area contributed by atoms with Crippen LogP contribution in [0.25, 0.3) is 0 Å². The van der Waals surface area contributed by atoms with Gasteiger partial charge in [-0.2, -0.15) is 0 Å². The first-order chi connectivity index (χ1) is 15.1. The molecule has 31 heavy (non-hydrogen) atoms. The molecule has 156 valence electrons. The van der Waals surface area contributed by atoms with Crippen molar-refractivity contribution in [2.45, 2.75) is 25.3 Å². The summed E-state index contributed by atoms with van der Waals surface area (Å²) in [5.74, 6) is 1.58. The number of aliphatic imine (C=N–C) groups is 1. The number of ether oxygens (including phenoxy) is 1. The van der Waals surface area contributed by atoms with Crippen molar-refractivity contribution >= 4 is 17.6 Å². The summed E-state index contributed by atoms with van der Waals surface area (Å²) in [7, 11) is 1.54. The van der Waals surface area contributed by atoms with Gasteiger partial charge in [-0.3, -0.25) is 4.99 Å². The maximum absolute atomic E-state index is 9.73. The van der Waals surface area contributed by atoms with Crippen LogP contribution in [0.15, 0.2) is 77.8 Å². The molecule has 4 heteroatoms. The van der Waals surface area contributed by atoms with Crippen LogP contribution in [0.1, 0.15) is 40.6 Å². The van der Waals surface area contributed by atoms with Crippen LogP contribution in [0.5, 0.6) is 11.5 Å². The average molecular weight is 411 g/mol. The van der Waals surface area contributed by atoms with Crippen molar-refractivity contribution in [1.82, 2.24) is 0 Å². The van der Waals surface area contributed by atoms with Crippen LogP contribution in [-0.2, 0) is 0 Å². The van der Waals surface area contributed by atoms with Crippen LogP contribution in [-0.4, -0.2) is 18.4 Å². The molecule has 3 aromatic rings. The fraction of sp³-hybridized carbons (Fsp3) is 0.222. The molecule has 3 aromatic carbocycles. The van der Waals surface area contributed by atoms with Crippen molar-refractivity contribution in [3.05, 3.63) is 95.1 Å². The number of phenols is 1. The summed E-state index contributed by atoms with van der Waals surface area (Å²) < 4.78 is 5.16. The SMILES string of the molecule is COc1cc(C=Nc2ccc([C@@H]3Nc4ccc(C)cc4[C@@H]4C=CC[C@H]43)cc2)ccc1O. The summed E-state index contributed by atoms with van der Waals surface area (Å²) in [5.41, 5.74) is 7.03. The molecule has 0 fully saturated rings. The van der Waals surface area contributed by atoms with Crippen LogP contribution in [0.2, 0.25) is 0 Å². The van der Waals surface area contributed by atoms with Gasteiger partial charge in [0.15, 0.2) is 11.5 Å². The summed E-state index contributed by atoms with van der Waals surface area (Å²) >= 11 is 0. The van der Waals surface area contributed by atoms with Gasteiger partial charge >= 0.3 is 0 Å². The quantitative estimate of drug-likeness (QED) is 0.393. The molecule has 1 aliphatic carbocycles. The Morgan fingerprint density at radius 1 is 1.06 bits per heavy atom. The molecule has 0 bridgehead atoms. The monoisotopic (exact) mass is 410 g/mol. The molecule has 0 saturated carbocycles. The second-order valence-corrected chi connectivity index (χ2v) is 8.35. The molecule has 0 spiro atoms. The first-order valence-electron chi connectivity index (χ1n) is 10.7. The molecule has 5 rings (SSSR count). The smallest absolute Gasteiger partial charge is 0.161 e. The number of hydrogen-bond donors (Lipinski definition) is 2. The minimum absolute atomic E-state index is 0.125. The van der Waals surface area contributed by atoms with Crippen LogP contribution in [0, 0.1) is 12.8 Å². The lowest BCUT2D eigenvalue weighted by atomic mass is 9.76. The fourth-order valence-electron chi connectivity index (χ4n) is 4.74. The van der Waals surface area contributed by atoms with Gasteiger partial charge in [0.2, 0.25) is 0 Å². The lowest BCUT2D eigenvalue weighted by Crippen LogP contribution is -2.29. The van der Waals surface area contributed by atoms with E-state index in [4.69, 9.17) is 4.74 Å². The highest BCUT2D eigenvalue weighted by molar-refractivity contribution is 5.83. The highest BCUT2D eigenvalue weighted by Gasteiger charge is 2.37. The molecule has 4 nitrogen and oxygen atoms in total. The summed E-state index contributed by atoms with van der Waals surface area (Å²) in [6.07, 6.45) is 7.58. The van der Waals surface area contributed by atoms with Crippen LogP contribution < -0.4 is 10.1 Å². The number of hydrogen-bond acceptors (Lipinski definition) is 4. The molecule has 0 radical (unpaired) electrons.